The highest BCUT2D eigenvalue weighted by Crippen LogP contribution is 2.17. The lowest BCUT2D eigenvalue weighted by molar-refractivity contribution is 0.336. The Bertz CT molecular complexity index is 315. The smallest absolute Gasteiger partial charge is 0.163 e. The van der Waals surface area contributed by atoms with Gasteiger partial charge in [0, 0.05) is 12.1 Å². The molecule has 0 saturated carbocycles. The predicted octanol–water partition coefficient (Wildman–Crippen LogP) is 1.42. The highest BCUT2D eigenvalue weighted by atomic mass is 32.1. The molecule has 1 aromatic rings. The Morgan fingerprint density at radius 1 is 1.50 bits per heavy atom. The molecule has 0 heterocycles. The van der Waals surface area contributed by atoms with E-state index in [1.165, 1.54) is 0 Å². The molecule has 0 aromatic heterocycles. The molecular weight excluding hydrogens is 196 g/mol. The molecule has 1 rings (SSSR count). The molecule has 0 saturated heterocycles. The van der Waals surface area contributed by atoms with Gasteiger partial charge in [0.25, 0.3) is 0 Å². The third-order valence-electron chi connectivity index (χ3n) is 1.73. The quantitative estimate of drug-likeness (QED) is 0.738. The minimum Gasteiger partial charge on any atom is -0.494 e. The Morgan fingerprint density at radius 2 is 2.21 bits per heavy atom. The Hall–Kier alpha value is -1.29. The van der Waals surface area contributed by atoms with Crippen molar-refractivity contribution in [2.75, 3.05) is 6.61 Å². The summed E-state index contributed by atoms with van der Waals surface area (Å²) in [7, 11) is 0. The van der Waals surface area contributed by atoms with Crippen LogP contribution < -0.4 is 15.8 Å². The lowest BCUT2D eigenvalue weighted by atomic mass is 10.2. The zero-order valence-electron chi connectivity index (χ0n) is 8.12. The number of thiocarbonyl (C=S) groups is 1. The topological polar surface area (TPSA) is 47.3 Å². The molecule has 0 spiro atoms. The average Bonchev–Trinajstić information content (AvgIpc) is 2.17. The van der Waals surface area contributed by atoms with Gasteiger partial charge in [0.15, 0.2) is 5.11 Å². The molecule has 0 aliphatic heterocycles. The predicted molar refractivity (Wildman–Crippen MR) is 61.2 cm³/mol. The number of hydrogen-bond acceptors (Lipinski definition) is 2. The van der Waals surface area contributed by atoms with E-state index in [1.54, 1.807) is 0 Å². The van der Waals surface area contributed by atoms with Crippen LogP contribution in [-0.2, 0) is 6.54 Å². The van der Waals surface area contributed by atoms with Crippen molar-refractivity contribution < 1.29 is 4.74 Å². The molecule has 0 fully saturated rings. The summed E-state index contributed by atoms with van der Waals surface area (Å²) >= 11 is 4.73. The summed E-state index contributed by atoms with van der Waals surface area (Å²) in [6.07, 6.45) is 0. The van der Waals surface area contributed by atoms with E-state index in [2.05, 4.69) is 5.32 Å². The van der Waals surface area contributed by atoms with Gasteiger partial charge in [-0.15, -0.1) is 0 Å². The number of para-hydroxylation sites is 1. The number of nitrogens with two attached hydrogens (primary N) is 1. The number of ether oxygens (including phenoxy) is 1. The second-order valence-electron chi connectivity index (χ2n) is 2.76. The maximum atomic E-state index is 5.45. The third-order valence-corrected chi connectivity index (χ3v) is 1.87. The molecule has 1 aromatic carbocycles. The van der Waals surface area contributed by atoms with Crippen LogP contribution >= 0.6 is 12.2 Å². The Labute approximate surface area is 89.3 Å². The Balaban J connectivity index is 2.68. The SMILES string of the molecule is CCOc1ccccc1CNC(N)=S. The molecule has 0 aliphatic carbocycles. The normalized spacial score (nSPS) is 9.50. The summed E-state index contributed by atoms with van der Waals surface area (Å²) in [5.41, 5.74) is 6.40. The molecule has 0 amide bonds. The van der Waals surface area contributed by atoms with Gasteiger partial charge in [0.1, 0.15) is 5.75 Å². The molecular formula is C10H14N2OS. The van der Waals surface area contributed by atoms with E-state index in [1.807, 2.05) is 31.2 Å². The van der Waals surface area contributed by atoms with Gasteiger partial charge in [-0.3, -0.25) is 0 Å². The van der Waals surface area contributed by atoms with E-state index in [-0.39, 0.29) is 0 Å². The first-order valence-corrected chi connectivity index (χ1v) is 4.89. The van der Waals surface area contributed by atoms with Crippen molar-refractivity contribution in [1.29, 1.82) is 0 Å². The van der Waals surface area contributed by atoms with Gasteiger partial charge in [-0.05, 0) is 25.2 Å². The lowest BCUT2D eigenvalue weighted by Crippen LogP contribution is -2.28. The van der Waals surface area contributed by atoms with Gasteiger partial charge in [0.2, 0.25) is 0 Å². The molecule has 3 N–H and O–H groups in total. The monoisotopic (exact) mass is 210 g/mol. The number of benzene rings is 1. The molecule has 0 bridgehead atoms. The zero-order chi connectivity index (χ0) is 10.4. The maximum Gasteiger partial charge on any atom is 0.163 e. The van der Waals surface area contributed by atoms with Crippen molar-refractivity contribution in [3.63, 3.8) is 0 Å². The van der Waals surface area contributed by atoms with E-state index >= 15 is 0 Å². The minimum absolute atomic E-state index is 0.302. The minimum atomic E-state index is 0.302. The highest BCUT2D eigenvalue weighted by molar-refractivity contribution is 7.80. The van der Waals surface area contributed by atoms with Crippen LogP contribution in [0.5, 0.6) is 5.75 Å². The fourth-order valence-electron chi connectivity index (χ4n) is 1.13. The summed E-state index contributed by atoms with van der Waals surface area (Å²) in [6.45, 7) is 3.22. The van der Waals surface area contributed by atoms with Crippen LogP contribution in [0.4, 0.5) is 0 Å². The molecule has 0 aliphatic rings. The number of nitrogens with one attached hydrogen (secondary N) is 1. The summed E-state index contributed by atoms with van der Waals surface area (Å²) in [5, 5.41) is 3.19. The van der Waals surface area contributed by atoms with Crippen molar-refractivity contribution in [2.45, 2.75) is 13.5 Å². The first-order chi connectivity index (χ1) is 6.74. The fourth-order valence-corrected chi connectivity index (χ4v) is 1.20. The fraction of sp³-hybridized carbons (Fsp3) is 0.300. The molecule has 3 nitrogen and oxygen atoms in total. The van der Waals surface area contributed by atoms with E-state index in [4.69, 9.17) is 22.7 Å². The van der Waals surface area contributed by atoms with Crippen LogP contribution in [-0.4, -0.2) is 11.7 Å². The van der Waals surface area contributed by atoms with E-state index < -0.39 is 0 Å². The lowest BCUT2D eigenvalue weighted by Gasteiger charge is -2.10. The molecule has 76 valence electrons. The zero-order valence-corrected chi connectivity index (χ0v) is 8.93. The van der Waals surface area contributed by atoms with Gasteiger partial charge in [-0.2, -0.15) is 0 Å². The molecule has 0 unspecified atom stereocenters. The average molecular weight is 210 g/mol. The van der Waals surface area contributed by atoms with E-state index in [0.29, 0.717) is 18.3 Å². The Kier molecular flexibility index (Phi) is 4.19. The van der Waals surface area contributed by atoms with E-state index in [9.17, 15) is 0 Å². The van der Waals surface area contributed by atoms with Gasteiger partial charge in [0.05, 0.1) is 6.61 Å². The van der Waals surface area contributed by atoms with Crippen molar-refractivity contribution in [1.82, 2.24) is 5.32 Å². The second-order valence-corrected chi connectivity index (χ2v) is 3.20. The highest BCUT2D eigenvalue weighted by Gasteiger charge is 2.01. The second kappa shape index (κ2) is 5.44. The maximum absolute atomic E-state index is 5.45. The molecule has 14 heavy (non-hydrogen) atoms. The van der Waals surface area contributed by atoms with Crippen molar-refractivity contribution in [3.05, 3.63) is 29.8 Å². The van der Waals surface area contributed by atoms with Crippen molar-refractivity contribution in [2.24, 2.45) is 5.73 Å². The Morgan fingerprint density at radius 3 is 2.86 bits per heavy atom. The van der Waals surface area contributed by atoms with Crippen LogP contribution in [0, 0.1) is 0 Å². The summed E-state index contributed by atoms with van der Waals surface area (Å²) in [5.74, 6) is 0.874. The molecule has 0 radical (unpaired) electrons. The third kappa shape index (κ3) is 3.22. The summed E-state index contributed by atoms with van der Waals surface area (Å²) < 4.78 is 5.45. The van der Waals surface area contributed by atoms with Crippen LogP contribution in [0.25, 0.3) is 0 Å². The van der Waals surface area contributed by atoms with Crippen molar-refractivity contribution in [3.8, 4) is 5.75 Å². The first kappa shape index (κ1) is 10.8. The first-order valence-electron chi connectivity index (χ1n) is 4.48. The largest absolute Gasteiger partial charge is 0.494 e. The molecule has 0 atom stereocenters. The van der Waals surface area contributed by atoms with Crippen LogP contribution in [0.3, 0.4) is 0 Å². The summed E-state index contributed by atoms with van der Waals surface area (Å²) in [4.78, 5) is 0. The van der Waals surface area contributed by atoms with Crippen molar-refractivity contribution >= 4 is 17.3 Å². The van der Waals surface area contributed by atoms with Gasteiger partial charge >= 0.3 is 0 Å². The molecule has 4 heteroatoms. The standard InChI is InChI=1S/C10H14N2OS/c1-2-13-9-6-4-3-5-8(9)7-12-10(11)14/h3-6H,2,7H2,1H3,(H3,11,12,14). The van der Waals surface area contributed by atoms with Gasteiger partial charge < -0.3 is 15.8 Å². The summed E-state index contributed by atoms with van der Waals surface area (Å²) in [6, 6.07) is 7.81. The number of hydrogen-bond donors (Lipinski definition) is 2. The van der Waals surface area contributed by atoms with Gasteiger partial charge in [-0.1, -0.05) is 18.2 Å². The van der Waals surface area contributed by atoms with Gasteiger partial charge in [-0.25, -0.2) is 0 Å². The number of rotatable bonds is 4. The van der Waals surface area contributed by atoms with E-state index in [0.717, 1.165) is 11.3 Å². The van der Waals surface area contributed by atoms with Crippen LogP contribution in [0.2, 0.25) is 0 Å². The van der Waals surface area contributed by atoms with Crippen LogP contribution in [0.1, 0.15) is 12.5 Å². The van der Waals surface area contributed by atoms with Crippen LogP contribution in [0.15, 0.2) is 24.3 Å².